The third kappa shape index (κ3) is 3.16. The van der Waals surface area contributed by atoms with E-state index in [0.717, 1.165) is 17.5 Å². The molecule has 0 aliphatic carbocycles. The molecule has 1 saturated heterocycles. The topological polar surface area (TPSA) is 21.3 Å². The smallest absolute Gasteiger partial charge is 0.119 e. The van der Waals surface area contributed by atoms with Crippen LogP contribution in [0.25, 0.3) is 0 Å². The van der Waals surface area contributed by atoms with E-state index in [2.05, 4.69) is 36.1 Å². The van der Waals surface area contributed by atoms with Gasteiger partial charge in [0.15, 0.2) is 0 Å². The lowest BCUT2D eigenvalue weighted by molar-refractivity contribution is 0.413. The highest BCUT2D eigenvalue weighted by Crippen LogP contribution is 2.26. The largest absolute Gasteiger partial charge is 0.497 e. The average Bonchev–Trinajstić information content (AvgIpc) is 2.73. The van der Waals surface area contributed by atoms with Gasteiger partial charge in [-0.05, 0) is 24.1 Å². The molecule has 2 nitrogen and oxygen atoms in total. The molecule has 2 unspecified atom stereocenters. The molecule has 1 aromatic carbocycles. The number of hydrogen-bond donors (Lipinski definition) is 1. The number of thioether (sulfide) groups is 1. The molecular weight excluding hydrogens is 218 g/mol. The Hall–Kier alpha value is -0.670. The molecule has 1 heterocycles. The highest BCUT2D eigenvalue weighted by atomic mass is 32.2. The molecule has 1 N–H and O–H groups in total. The van der Waals surface area contributed by atoms with E-state index in [1.807, 2.05) is 12.1 Å². The number of hydrogen-bond acceptors (Lipinski definition) is 3. The average molecular weight is 237 g/mol. The summed E-state index contributed by atoms with van der Waals surface area (Å²) >= 11 is 2.06. The second-order valence-electron chi connectivity index (χ2n) is 4.31. The summed E-state index contributed by atoms with van der Waals surface area (Å²) in [6.45, 7) is 3.24. The van der Waals surface area contributed by atoms with Gasteiger partial charge in [-0.2, -0.15) is 11.8 Å². The summed E-state index contributed by atoms with van der Waals surface area (Å²) in [5.74, 6) is 2.18. The standard InChI is InChI=1S/C13H19NOS/c1-10-6-12(9-16-10)14-8-11-4-3-5-13(7-11)15-2/h3-5,7,10,12,14H,6,8-9H2,1-2H3. The molecule has 0 spiro atoms. The zero-order valence-corrected chi connectivity index (χ0v) is 10.7. The van der Waals surface area contributed by atoms with Gasteiger partial charge in [-0.15, -0.1) is 0 Å². The van der Waals surface area contributed by atoms with Crippen molar-refractivity contribution >= 4 is 11.8 Å². The molecule has 0 bridgehead atoms. The van der Waals surface area contributed by atoms with Crippen molar-refractivity contribution in [3.63, 3.8) is 0 Å². The molecule has 0 radical (unpaired) electrons. The van der Waals surface area contributed by atoms with Gasteiger partial charge in [0.25, 0.3) is 0 Å². The van der Waals surface area contributed by atoms with Gasteiger partial charge in [-0.25, -0.2) is 0 Å². The monoisotopic (exact) mass is 237 g/mol. The summed E-state index contributed by atoms with van der Waals surface area (Å²) < 4.78 is 5.21. The number of methoxy groups -OCH3 is 1. The summed E-state index contributed by atoms with van der Waals surface area (Å²) in [6.07, 6.45) is 1.29. The van der Waals surface area contributed by atoms with Crippen LogP contribution in [0.2, 0.25) is 0 Å². The highest BCUT2D eigenvalue weighted by molar-refractivity contribution is 8.00. The predicted octanol–water partition coefficient (Wildman–Crippen LogP) is 2.68. The first-order valence-electron chi connectivity index (χ1n) is 5.76. The van der Waals surface area contributed by atoms with Crippen LogP contribution < -0.4 is 10.1 Å². The number of rotatable bonds is 4. The Kier molecular flexibility index (Phi) is 4.13. The van der Waals surface area contributed by atoms with Crippen LogP contribution in [0.1, 0.15) is 18.9 Å². The lowest BCUT2D eigenvalue weighted by atomic mass is 10.1. The van der Waals surface area contributed by atoms with E-state index < -0.39 is 0 Å². The maximum atomic E-state index is 5.21. The molecule has 2 atom stereocenters. The SMILES string of the molecule is COc1cccc(CNC2CSC(C)C2)c1. The van der Waals surface area contributed by atoms with Gasteiger partial charge >= 0.3 is 0 Å². The molecule has 1 aliphatic heterocycles. The Balaban J connectivity index is 1.84. The Morgan fingerprint density at radius 2 is 2.38 bits per heavy atom. The van der Waals surface area contributed by atoms with Crippen molar-refractivity contribution in [2.24, 2.45) is 0 Å². The molecule has 0 saturated carbocycles. The fourth-order valence-electron chi connectivity index (χ4n) is 2.00. The molecule has 1 aromatic rings. The van der Waals surface area contributed by atoms with Gasteiger partial charge in [-0.3, -0.25) is 0 Å². The summed E-state index contributed by atoms with van der Waals surface area (Å²) in [6, 6.07) is 8.93. The van der Waals surface area contributed by atoms with Crippen LogP contribution >= 0.6 is 11.8 Å². The molecule has 1 fully saturated rings. The summed E-state index contributed by atoms with van der Waals surface area (Å²) in [4.78, 5) is 0. The van der Waals surface area contributed by atoms with Gasteiger partial charge in [0, 0.05) is 23.6 Å². The fourth-order valence-corrected chi connectivity index (χ4v) is 3.19. The Bertz CT molecular complexity index is 342. The van der Waals surface area contributed by atoms with Crippen molar-refractivity contribution in [1.82, 2.24) is 5.32 Å². The number of nitrogens with one attached hydrogen (secondary N) is 1. The van der Waals surface area contributed by atoms with Crippen LogP contribution in [0.4, 0.5) is 0 Å². The van der Waals surface area contributed by atoms with E-state index in [-0.39, 0.29) is 0 Å². The molecule has 88 valence electrons. The lowest BCUT2D eigenvalue weighted by Gasteiger charge is -2.12. The first-order chi connectivity index (χ1) is 7.78. The first kappa shape index (κ1) is 11.8. The van der Waals surface area contributed by atoms with Gasteiger partial charge < -0.3 is 10.1 Å². The van der Waals surface area contributed by atoms with E-state index >= 15 is 0 Å². The molecule has 2 rings (SSSR count). The van der Waals surface area contributed by atoms with Crippen molar-refractivity contribution in [2.75, 3.05) is 12.9 Å². The van der Waals surface area contributed by atoms with Crippen molar-refractivity contribution in [3.05, 3.63) is 29.8 Å². The first-order valence-corrected chi connectivity index (χ1v) is 6.80. The maximum absolute atomic E-state index is 5.21. The van der Waals surface area contributed by atoms with E-state index in [1.54, 1.807) is 7.11 Å². The maximum Gasteiger partial charge on any atom is 0.119 e. The molecule has 16 heavy (non-hydrogen) atoms. The van der Waals surface area contributed by atoms with Gasteiger partial charge in [0.1, 0.15) is 5.75 Å². The van der Waals surface area contributed by atoms with Crippen LogP contribution in [0.3, 0.4) is 0 Å². The zero-order chi connectivity index (χ0) is 11.4. The van der Waals surface area contributed by atoms with Crippen LogP contribution in [0.5, 0.6) is 5.75 Å². The normalized spacial score (nSPS) is 24.6. The predicted molar refractivity (Wildman–Crippen MR) is 70.2 cm³/mol. The second-order valence-corrected chi connectivity index (χ2v) is 5.78. The van der Waals surface area contributed by atoms with Crippen molar-refractivity contribution < 1.29 is 4.74 Å². The van der Waals surface area contributed by atoms with Gasteiger partial charge in [0.05, 0.1) is 7.11 Å². The highest BCUT2D eigenvalue weighted by Gasteiger charge is 2.20. The lowest BCUT2D eigenvalue weighted by Crippen LogP contribution is -2.28. The summed E-state index contributed by atoms with van der Waals surface area (Å²) in [5.41, 5.74) is 1.30. The Morgan fingerprint density at radius 3 is 3.06 bits per heavy atom. The number of benzene rings is 1. The van der Waals surface area contributed by atoms with Crippen LogP contribution in [0, 0.1) is 0 Å². The molecule has 1 aliphatic rings. The minimum atomic E-state index is 0.672. The third-order valence-electron chi connectivity index (χ3n) is 2.93. The molecule has 3 heteroatoms. The summed E-state index contributed by atoms with van der Waals surface area (Å²) in [5, 5.41) is 4.41. The van der Waals surface area contributed by atoms with Gasteiger partial charge in [0.2, 0.25) is 0 Å². The molecular formula is C13H19NOS. The summed E-state index contributed by atoms with van der Waals surface area (Å²) in [7, 11) is 1.71. The Morgan fingerprint density at radius 1 is 1.50 bits per heavy atom. The van der Waals surface area contributed by atoms with Crippen molar-refractivity contribution in [3.8, 4) is 5.75 Å². The van der Waals surface area contributed by atoms with Crippen LogP contribution in [-0.2, 0) is 6.54 Å². The quantitative estimate of drug-likeness (QED) is 0.870. The third-order valence-corrected chi connectivity index (χ3v) is 4.28. The minimum absolute atomic E-state index is 0.672. The van der Waals surface area contributed by atoms with Crippen LogP contribution in [-0.4, -0.2) is 24.2 Å². The fraction of sp³-hybridized carbons (Fsp3) is 0.538. The van der Waals surface area contributed by atoms with Crippen LogP contribution in [0.15, 0.2) is 24.3 Å². The molecule has 0 amide bonds. The van der Waals surface area contributed by atoms with E-state index in [9.17, 15) is 0 Å². The van der Waals surface area contributed by atoms with Crippen molar-refractivity contribution in [1.29, 1.82) is 0 Å². The minimum Gasteiger partial charge on any atom is -0.497 e. The Labute approximate surface area is 102 Å². The second kappa shape index (κ2) is 5.60. The number of ether oxygens (including phenoxy) is 1. The van der Waals surface area contributed by atoms with E-state index in [4.69, 9.17) is 4.74 Å². The van der Waals surface area contributed by atoms with E-state index in [1.165, 1.54) is 17.7 Å². The zero-order valence-electron chi connectivity index (χ0n) is 9.90. The van der Waals surface area contributed by atoms with E-state index in [0.29, 0.717) is 6.04 Å². The van der Waals surface area contributed by atoms with Gasteiger partial charge in [-0.1, -0.05) is 19.1 Å². The molecule has 0 aromatic heterocycles. The van der Waals surface area contributed by atoms with Crippen molar-refractivity contribution in [2.45, 2.75) is 31.2 Å².